The molecule has 0 aromatic heterocycles. The van der Waals surface area contributed by atoms with Gasteiger partial charge in [0.05, 0.1) is 23.3 Å². The predicted octanol–water partition coefficient (Wildman–Crippen LogP) is 5.52. The largest absolute Gasteiger partial charge is 0.496 e. The number of para-hydroxylation sites is 1. The third-order valence-corrected chi connectivity index (χ3v) is 6.82. The van der Waals surface area contributed by atoms with Crippen LogP contribution in [0.1, 0.15) is 21.5 Å². The number of hydrogen-bond acceptors (Lipinski definition) is 4. The smallest absolute Gasteiger partial charge is 0.261 e. The van der Waals surface area contributed by atoms with Crippen LogP contribution >= 0.6 is 0 Å². The highest BCUT2D eigenvalue weighted by Gasteiger charge is 2.18. The van der Waals surface area contributed by atoms with Gasteiger partial charge in [-0.15, -0.1) is 0 Å². The zero-order valence-electron chi connectivity index (χ0n) is 18.5. The molecule has 7 heteroatoms. The predicted molar refractivity (Wildman–Crippen MR) is 132 cm³/mol. The first-order valence-electron chi connectivity index (χ1n) is 10.4. The molecule has 0 bridgehead atoms. The molecule has 4 aromatic rings. The van der Waals surface area contributed by atoms with E-state index in [0.29, 0.717) is 22.7 Å². The Balaban J connectivity index is 1.55. The van der Waals surface area contributed by atoms with E-state index in [1.807, 2.05) is 62.4 Å². The highest BCUT2D eigenvalue weighted by molar-refractivity contribution is 7.92. The lowest BCUT2D eigenvalue weighted by molar-refractivity contribution is 0.102. The lowest BCUT2D eigenvalue weighted by atomic mass is 10.1. The minimum atomic E-state index is -3.77. The fourth-order valence-corrected chi connectivity index (χ4v) is 4.85. The molecular formula is C26H24N2O4S. The number of amides is 1. The molecule has 0 saturated heterocycles. The van der Waals surface area contributed by atoms with Crippen molar-refractivity contribution < 1.29 is 17.9 Å². The molecule has 0 radical (unpaired) electrons. The van der Waals surface area contributed by atoms with Gasteiger partial charge in [-0.05, 0) is 72.1 Å². The topological polar surface area (TPSA) is 84.5 Å². The Bertz CT molecular complexity index is 1430. The number of ether oxygens (including phenoxy) is 1. The molecule has 0 aliphatic heterocycles. The molecule has 0 spiro atoms. The van der Waals surface area contributed by atoms with Crippen molar-refractivity contribution in [1.29, 1.82) is 0 Å². The summed E-state index contributed by atoms with van der Waals surface area (Å²) >= 11 is 0. The first-order valence-corrected chi connectivity index (χ1v) is 11.8. The number of rotatable bonds is 6. The molecule has 0 unspecified atom stereocenters. The Kier molecular flexibility index (Phi) is 6.07. The van der Waals surface area contributed by atoms with Crippen LogP contribution in [0.2, 0.25) is 0 Å². The van der Waals surface area contributed by atoms with Crippen molar-refractivity contribution >= 4 is 38.1 Å². The minimum Gasteiger partial charge on any atom is -0.496 e. The maximum Gasteiger partial charge on any atom is 0.261 e. The van der Waals surface area contributed by atoms with Crippen molar-refractivity contribution in [2.45, 2.75) is 18.7 Å². The van der Waals surface area contributed by atoms with Crippen LogP contribution in [-0.4, -0.2) is 21.4 Å². The van der Waals surface area contributed by atoms with Crippen LogP contribution in [0.3, 0.4) is 0 Å². The number of carbonyl (C=O) groups excluding carboxylic acids is 1. The van der Waals surface area contributed by atoms with E-state index in [4.69, 9.17) is 4.74 Å². The molecule has 0 aliphatic rings. The normalized spacial score (nSPS) is 11.2. The van der Waals surface area contributed by atoms with E-state index in [1.165, 1.54) is 19.2 Å². The fraction of sp³-hybridized carbons (Fsp3) is 0.115. The van der Waals surface area contributed by atoms with Crippen molar-refractivity contribution in [3.05, 3.63) is 95.6 Å². The number of anilines is 2. The van der Waals surface area contributed by atoms with Gasteiger partial charge in [-0.2, -0.15) is 0 Å². The second-order valence-corrected chi connectivity index (χ2v) is 9.43. The third kappa shape index (κ3) is 4.68. The van der Waals surface area contributed by atoms with Crippen LogP contribution < -0.4 is 14.8 Å². The Labute approximate surface area is 193 Å². The summed E-state index contributed by atoms with van der Waals surface area (Å²) in [5.74, 6) is 0.116. The molecule has 0 saturated carbocycles. The number of aryl methyl sites for hydroxylation is 2. The SMILES string of the molecule is COc1cc2ccccc2cc1C(=O)Nc1ccc(S(=O)(=O)Nc2c(C)cccc2C)cc1. The molecule has 2 N–H and O–H groups in total. The second-order valence-electron chi connectivity index (χ2n) is 7.75. The van der Waals surface area contributed by atoms with Gasteiger partial charge in [0.25, 0.3) is 15.9 Å². The van der Waals surface area contributed by atoms with Gasteiger partial charge in [-0.1, -0.05) is 42.5 Å². The average Bonchev–Trinajstić information content (AvgIpc) is 2.81. The van der Waals surface area contributed by atoms with Gasteiger partial charge in [0.1, 0.15) is 5.75 Å². The van der Waals surface area contributed by atoms with Crippen LogP contribution in [0, 0.1) is 13.8 Å². The third-order valence-electron chi connectivity index (χ3n) is 5.45. The number of benzene rings is 4. The average molecular weight is 461 g/mol. The monoisotopic (exact) mass is 460 g/mol. The van der Waals surface area contributed by atoms with Crippen LogP contribution in [0.25, 0.3) is 10.8 Å². The summed E-state index contributed by atoms with van der Waals surface area (Å²) in [4.78, 5) is 13.0. The summed E-state index contributed by atoms with van der Waals surface area (Å²) in [6.07, 6.45) is 0. The van der Waals surface area contributed by atoms with E-state index in [-0.39, 0.29) is 10.8 Å². The molecule has 0 fully saturated rings. The quantitative estimate of drug-likeness (QED) is 0.397. The zero-order chi connectivity index (χ0) is 23.6. The molecule has 0 atom stereocenters. The number of nitrogens with one attached hydrogen (secondary N) is 2. The highest BCUT2D eigenvalue weighted by Crippen LogP contribution is 2.28. The summed E-state index contributed by atoms with van der Waals surface area (Å²) in [6.45, 7) is 3.70. The van der Waals surface area contributed by atoms with Crippen LogP contribution in [0.5, 0.6) is 5.75 Å². The van der Waals surface area contributed by atoms with Crippen LogP contribution in [0.4, 0.5) is 11.4 Å². The number of fused-ring (bicyclic) bond motifs is 1. The van der Waals surface area contributed by atoms with Gasteiger partial charge >= 0.3 is 0 Å². The maximum atomic E-state index is 12.9. The lowest BCUT2D eigenvalue weighted by Crippen LogP contribution is -2.15. The van der Waals surface area contributed by atoms with E-state index in [0.717, 1.165) is 21.9 Å². The summed E-state index contributed by atoms with van der Waals surface area (Å²) in [6, 6.07) is 22.9. The van der Waals surface area contributed by atoms with Crippen molar-refractivity contribution in [1.82, 2.24) is 0 Å². The molecule has 4 aromatic carbocycles. The maximum absolute atomic E-state index is 12.9. The minimum absolute atomic E-state index is 0.103. The number of hydrogen-bond donors (Lipinski definition) is 2. The second kappa shape index (κ2) is 8.96. The van der Waals surface area contributed by atoms with Crippen molar-refractivity contribution in [2.24, 2.45) is 0 Å². The first-order chi connectivity index (χ1) is 15.8. The molecule has 4 rings (SSSR count). The number of carbonyl (C=O) groups is 1. The summed E-state index contributed by atoms with van der Waals surface area (Å²) in [5.41, 5.74) is 3.11. The Hall–Kier alpha value is -3.84. The highest BCUT2D eigenvalue weighted by atomic mass is 32.2. The molecule has 0 heterocycles. The van der Waals surface area contributed by atoms with E-state index >= 15 is 0 Å². The van der Waals surface area contributed by atoms with E-state index in [1.54, 1.807) is 18.2 Å². The molecular weight excluding hydrogens is 436 g/mol. The number of methoxy groups -OCH3 is 1. The Morgan fingerprint density at radius 2 is 1.42 bits per heavy atom. The van der Waals surface area contributed by atoms with E-state index in [9.17, 15) is 13.2 Å². The van der Waals surface area contributed by atoms with E-state index < -0.39 is 10.0 Å². The molecule has 168 valence electrons. The summed E-state index contributed by atoms with van der Waals surface area (Å²) < 4.78 is 33.8. The van der Waals surface area contributed by atoms with E-state index in [2.05, 4.69) is 10.0 Å². The molecule has 0 aliphatic carbocycles. The van der Waals surface area contributed by atoms with Gasteiger partial charge in [0.15, 0.2) is 0 Å². The summed E-state index contributed by atoms with van der Waals surface area (Å²) in [7, 11) is -2.26. The Morgan fingerprint density at radius 3 is 2.03 bits per heavy atom. The standard InChI is InChI=1S/C26H24N2O4S/c1-17-7-6-8-18(2)25(17)28-33(30,31)22-13-11-21(12-14-22)27-26(29)23-15-19-9-4-5-10-20(19)16-24(23)32-3/h4-16,28H,1-3H3,(H,27,29). The van der Waals surface area contributed by atoms with Gasteiger partial charge in [-0.3, -0.25) is 9.52 Å². The van der Waals surface area contributed by atoms with Gasteiger partial charge in [0.2, 0.25) is 0 Å². The first kappa shape index (κ1) is 22.4. The van der Waals surface area contributed by atoms with Crippen LogP contribution in [-0.2, 0) is 10.0 Å². The van der Waals surface area contributed by atoms with Crippen molar-refractivity contribution in [3.8, 4) is 5.75 Å². The van der Waals surface area contributed by atoms with Gasteiger partial charge < -0.3 is 10.1 Å². The lowest BCUT2D eigenvalue weighted by Gasteiger charge is -2.14. The van der Waals surface area contributed by atoms with Gasteiger partial charge in [0, 0.05) is 5.69 Å². The van der Waals surface area contributed by atoms with Gasteiger partial charge in [-0.25, -0.2) is 8.42 Å². The fourth-order valence-electron chi connectivity index (χ4n) is 3.65. The molecule has 6 nitrogen and oxygen atoms in total. The van der Waals surface area contributed by atoms with Crippen molar-refractivity contribution in [2.75, 3.05) is 17.1 Å². The molecule has 1 amide bonds. The molecule has 33 heavy (non-hydrogen) atoms. The van der Waals surface area contributed by atoms with Crippen molar-refractivity contribution in [3.63, 3.8) is 0 Å². The summed E-state index contributed by atoms with van der Waals surface area (Å²) in [5, 5.41) is 4.70. The Morgan fingerprint density at radius 1 is 0.818 bits per heavy atom. The number of sulfonamides is 1. The zero-order valence-corrected chi connectivity index (χ0v) is 19.4. The van der Waals surface area contributed by atoms with Crippen LogP contribution in [0.15, 0.2) is 83.8 Å².